The molecule has 0 saturated carbocycles. The van der Waals surface area contributed by atoms with Crippen LogP contribution in [0.15, 0.2) is 36.4 Å². The van der Waals surface area contributed by atoms with Crippen LogP contribution in [-0.2, 0) is 21.2 Å². The van der Waals surface area contributed by atoms with Crippen LogP contribution in [-0.4, -0.2) is 41.5 Å². The Bertz CT molecular complexity index is 1300. The minimum atomic E-state index is -3.93. The van der Waals surface area contributed by atoms with Crippen LogP contribution in [0.4, 0.5) is 5.69 Å². The number of fused-ring (bicyclic) bond motifs is 1. The van der Waals surface area contributed by atoms with E-state index in [0.717, 1.165) is 27.3 Å². The molecule has 174 valence electrons. The highest BCUT2D eigenvalue weighted by Crippen LogP contribution is 2.40. The summed E-state index contributed by atoms with van der Waals surface area (Å²) in [6, 6.07) is 10.7. The van der Waals surface area contributed by atoms with Gasteiger partial charge in [0.05, 0.1) is 11.8 Å². The topological polar surface area (TPSA) is 144 Å². The monoisotopic (exact) mass is 488 g/mol. The summed E-state index contributed by atoms with van der Waals surface area (Å²) in [5, 5.41) is 18.9. The minimum Gasteiger partial charge on any atom is -0.489 e. The lowest BCUT2D eigenvalue weighted by atomic mass is 10.0. The molecule has 0 bridgehead atoms. The molecule has 0 aliphatic heterocycles. The largest absolute Gasteiger partial charge is 0.489 e. The maximum absolute atomic E-state index is 12.1. The van der Waals surface area contributed by atoms with Gasteiger partial charge in [0.25, 0.3) is 0 Å². The molecule has 1 aromatic heterocycles. The zero-order chi connectivity index (χ0) is 23.8. The lowest BCUT2D eigenvalue weighted by Gasteiger charge is -2.14. The lowest BCUT2D eigenvalue weighted by molar-refractivity contribution is -0.134. The molecule has 0 amide bonds. The molecule has 1 atom stereocenters. The molecule has 0 radical (unpaired) electrons. The standard InChI is InChI=1S/C22H24N4O5S2/c1-12(2)31-19-9-6-13(10-17(19)23)21-24-25-22(32-21)16-5-3-4-15-14(16)7-8-18(15)26-33(29,30)11-20(27)28/h3-6,9-10,12,18,26H,7-8,11,23H2,1-2H3,(H,27,28)/t18-/m0/s1. The first-order valence-corrected chi connectivity index (χ1v) is 12.8. The first-order valence-electron chi connectivity index (χ1n) is 10.4. The van der Waals surface area contributed by atoms with Crippen LogP contribution in [0.25, 0.3) is 21.1 Å². The minimum absolute atomic E-state index is 0.0175. The Morgan fingerprint density at radius 1 is 1.27 bits per heavy atom. The predicted octanol–water partition coefficient (Wildman–Crippen LogP) is 3.23. The number of nitrogen functional groups attached to an aromatic ring is 1. The van der Waals surface area contributed by atoms with E-state index in [4.69, 9.17) is 15.6 Å². The van der Waals surface area contributed by atoms with Crippen molar-refractivity contribution in [3.63, 3.8) is 0 Å². The van der Waals surface area contributed by atoms with Gasteiger partial charge in [-0.05, 0) is 56.0 Å². The molecule has 0 unspecified atom stereocenters. The summed E-state index contributed by atoms with van der Waals surface area (Å²) in [6.07, 6.45) is 1.21. The summed E-state index contributed by atoms with van der Waals surface area (Å²) >= 11 is 1.42. The fourth-order valence-corrected chi connectivity index (χ4v) is 5.87. The van der Waals surface area contributed by atoms with Gasteiger partial charge in [-0.3, -0.25) is 4.79 Å². The second-order valence-electron chi connectivity index (χ2n) is 8.07. The number of hydrogen-bond donors (Lipinski definition) is 3. The first-order chi connectivity index (χ1) is 15.6. The molecule has 2 aromatic carbocycles. The summed E-state index contributed by atoms with van der Waals surface area (Å²) in [5.74, 6) is -1.72. The van der Waals surface area contributed by atoms with Crippen LogP contribution >= 0.6 is 11.3 Å². The Hall–Kier alpha value is -3.02. The molecule has 1 aliphatic carbocycles. The number of ether oxygens (including phenoxy) is 1. The van der Waals surface area contributed by atoms with Gasteiger partial charge in [-0.1, -0.05) is 29.5 Å². The molecule has 4 N–H and O–H groups in total. The van der Waals surface area contributed by atoms with Gasteiger partial charge in [0, 0.05) is 17.2 Å². The van der Waals surface area contributed by atoms with E-state index >= 15 is 0 Å². The Labute approximate surface area is 195 Å². The van der Waals surface area contributed by atoms with Crippen LogP contribution in [0, 0.1) is 0 Å². The van der Waals surface area contributed by atoms with Crippen molar-refractivity contribution in [2.75, 3.05) is 11.5 Å². The van der Waals surface area contributed by atoms with E-state index in [2.05, 4.69) is 14.9 Å². The van der Waals surface area contributed by atoms with E-state index in [1.165, 1.54) is 11.3 Å². The SMILES string of the molecule is CC(C)Oc1ccc(-c2nnc(-c3cccc4c3CC[C@@H]4NS(=O)(=O)CC(=O)O)s2)cc1N. The van der Waals surface area contributed by atoms with Crippen LogP contribution in [0.5, 0.6) is 5.75 Å². The van der Waals surface area contributed by atoms with Crippen LogP contribution in [0.2, 0.25) is 0 Å². The maximum atomic E-state index is 12.1. The van der Waals surface area contributed by atoms with Gasteiger partial charge in [-0.25, -0.2) is 13.1 Å². The quantitative estimate of drug-likeness (QED) is 0.410. The fraction of sp³-hybridized carbons (Fsp3) is 0.318. The van der Waals surface area contributed by atoms with Crippen molar-refractivity contribution in [1.82, 2.24) is 14.9 Å². The number of nitrogens with one attached hydrogen (secondary N) is 1. The number of nitrogens with zero attached hydrogens (tertiary/aromatic N) is 2. The van der Waals surface area contributed by atoms with Crippen LogP contribution in [0.3, 0.4) is 0 Å². The second-order valence-corrected chi connectivity index (χ2v) is 10.8. The number of aromatic nitrogens is 2. The molecule has 4 rings (SSSR count). The van der Waals surface area contributed by atoms with E-state index in [1.807, 2.05) is 50.2 Å². The number of sulfonamides is 1. The molecular formula is C22H24N4O5S2. The van der Waals surface area contributed by atoms with Crippen molar-refractivity contribution >= 4 is 33.0 Å². The molecule has 0 saturated heterocycles. The first kappa shape index (κ1) is 23.1. The number of carbonyl (C=O) groups is 1. The highest BCUT2D eigenvalue weighted by atomic mass is 32.2. The van der Waals surface area contributed by atoms with Gasteiger partial charge in [0.15, 0.2) is 5.75 Å². The molecule has 0 fully saturated rings. The fourth-order valence-electron chi connectivity index (χ4n) is 3.89. The second kappa shape index (κ2) is 9.08. The third kappa shape index (κ3) is 5.15. The average molecular weight is 489 g/mol. The molecular weight excluding hydrogens is 464 g/mol. The summed E-state index contributed by atoms with van der Waals surface area (Å²) < 4.78 is 32.4. The van der Waals surface area contributed by atoms with Crippen molar-refractivity contribution < 1.29 is 23.1 Å². The number of aliphatic carboxylic acids is 1. The Morgan fingerprint density at radius 3 is 2.73 bits per heavy atom. The Morgan fingerprint density at radius 2 is 2.03 bits per heavy atom. The smallest absolute Gasteiger partial charge is 0.320 e. The number of anilines is 1. The van der Waals surface area contributed by atoms with Crippen LogP contribution < -0.4 is 15.2 Å². The highest BCUT2D eigenvalue weighted by molar-refractivity contribution is 7.90. The summed E-state index contributed by atoms with van der Waals surface area (Å²) in [5.41, 5.74) is 10.2. The van der Waals surface area contributed by atoms with Crippen molar-refractivity contribution in [3.05, 3.63) is 47.5 Å². The molecule has 1 aliphatic rings. The van der Waals surface area contributed by atoms with Crippen molar-refractivity contribution in [3.8, 4) is 26.9 Å². The molecule has 9 nitrogen and oxygen atoms in total. The number of nitrogens with two attached hydrogens (primary N) is 1. The van der Waals surface area contributed by atoms with Crippen molar-refractivity contribution in [2.45, 2.75) is 38.8 Å². The van der Waals surface area contributed by atoms with Gasteiger partial charge in [-0.15, -0.1) is 10.2 Å². The third-order valence-corrected chi connectivity index (χ3v) is 7.46. The Kier molecular flexibility index (Phi) is 6.37. The van der Waals surface area contributed by atoms with E-state index in [0.29, 0.717) is 29.3 Å². The van der Waals surface area contributed by atoms with Gasteiger partial charge in [-0.2, -0.15) is 0 Å². The normalized spacial score (nSPS) is 15.5. The zero-order valence-corrected chi connectivity index (χ0v) is 19.7. The molecule has 33 heavy (non-hydrogen) atoms. The van der Waals surface area contributed by atoms with Gasteiger partial charge >= 0.3 is 5.97 Å². The van der Waals surface area contributed by atoms with Gasteiger partial charge in [0.2, 0.25) is 10.0 Å². The van der Waals surface area contributed by atoms with Gasteiger partial charge < -0.3 is 15.6 Å². The van der Waals surface area contributed by atoms with Crippen LogP contribution in [0.1, 0.15) is 37.4 Å². The van der Waals surface area contributed by atoms with E-state index in [1.54, 1.807) is 0 Å². The molecule has 3 aromatic rings. The number of hydrogen-bond acceptors (Lipinski definition) is 8. The number of carboxylic acids is 1. The van der Waals surface area contributed by atoms with E-state index in [9.17, 15) is 13.2 Å². The van der Waals surface area contributed by atoms with Gasteiger partial charge in [0.1, 0.15) is 15.8 Å². The van der Waals surface area contributed by atoms with Crippen molar-refractivity contribution in [1.29, 1.82) is 0 Å². The van der Waals surface area contributed by atoms with E-state index in [-0.39, 0.29) is 6.10 Å². The predicted molar refractivity (Wildman–Crippen MR) is 127 cm³/mol. The molecule has 1 heterocycles. The number of carboxylic acid groups (broad SMARTS) is 1. The summed E-state index contributed by atoms with van der Waals surface area (Å²) in [6.45, 7) is 3.87. The molecule has 11 heteroatoms. The molecule has 0 spiro atoms. The van der Waals surface area contributed by atoms with E-state index < -0.39 is 27.8 Å². The number of rotatable bonds is 8. The Balaban J connectivity index is 1.60. The third-order valence-electron chi connectivity index (χ3n) is 5.18. The number of benzene rings is 2. The summed E-state index contributed by atoms with van der Waals surface area (Å²) in [7, 11) is -3.93. The summed E-state index contributed by atoms with van der Waals surface area (Å²) in [4.78, 5) is 10.8. The maximum Gasteiger partial charge on any atom is 0.320 e. The van der Waals surface area contributed by atoms with Crippen molar-refractivity contribution in [2.24, 2.45) is 0 Å². The zero-order valence-electron chi connectivity index (χ0n) is 18.1. The lowest BCUT2D eigenvalue weighted by Crippen LogP contribution is -2.32. The highest BCUT2D eigenvalue weighted by Gasteiger charge is 2.30. The average Bonchev–Trinajstić information content (AvgIpc) is 3.36.